The quantitative estimate of drug-likeness (QED) is 0.653. The predicted molar refractivity (Wildman–Crippen MR) is 46.6 cm³/mol. The van der Waals surface area contributed by atoms with E-state index in [1.54, 1.807) is 0 Å². The normalized spacial score (nSPS) is 19.8. The van der Waals surface area contributed by atoms with Crippen LogP contribution in [0, 0.1) is 5.92 Å². The van der Waals surface area contributed by atoms with E-state index >= 15 is 0 Å². The van der Waals surface area contributed by atoms with E-state index in [1.165, 1.54) is 6.42 Å². The Bertz CT molecular complexity index is 151. The molecule has 1 unspecified atom stereocenters. The maximum atomic E-state index is 11.3. The molecule has 12 heavy (non-hydrogen) atoms. The Kier molecular flexibility index (Phi) is 3.53. The zero-order chi connectivity index (χ0) is 8.97. The molecular weight excluding hydrogens is 154 g/mol. The summed E-state index contributed by atoms with van der Waals surface area (Å²) in [5.41, 5.74) is 0. The van der Waals surface area contributed by atoms with Crippen LogP contribution < -0.4 is 5.32 Å². The minimum Gasteiger partial charge on any atom is -0.396 e. The predicted octanol–water partition coefficient (Wildman–Crippen LogP) is 0.674. The number of aliphatic hydroxyl groups excluding tert-OH is 1. The molecule has 1 saturated carbocycles. The van der Waals surface area contributed by atoms with Crippen molar-refractivity contribution in [2.45, 2.75) is 38.6 Å². The molecule has 0 aromatic heterocycles. The standard InChI is InChI=1S/C9H17NO2/c1-2-7(6-11)9(12)10-8-4-3-5-8/h7-8,11H,2-6H2,1H3,(H,10,12). The van der Waals surface area contributed by atoms with Gasteiger partial charge in [-0.2, -0.15) is 0 Å². The fourth-order valence-electron chi connectivity index (χ4n) is 1.27. The highest BCUT2D eigenvalue weighted by Crippen LogP contribution is 2.18. The van der Waals surface area contributed by atoms with Crippen LogP contribution in [0.2, 0.25) is 0 Å². The van der Waals surface area contributed by atoms with Gasteiger partial charge in [-0.05, 0) is 25.7 Å². The highest BCUT2D eigenvalue weighted by molar-refractivity contribution is 5.79. The second-order valence-electron chi connectivity index (χ2n) is 3.42. The molecule has 0 heterocycles. The van der Waals surface area contributed by atoms with Crippen molar-refractivity contribution < 1.29 is 9.90 Å². The molecule has 1 atom stereocenters. The summed E-state index contributed by atoms with van der Waals surface area (Å²) in [6.45, 7) is 1.89. The van der Waals surface area contributed by atoms with Crippen LogP contribution in [0.1, 0.15) is 32.6 Å². The number of hydrogen-bond acceptors (Lipinski definition) is 2. The fourth-order valence-corrected chi connectivity index (χ4v) is 1.27. The van der Waals surface area contributed by atoms with E-state index in [-0.39, 0.29) is 18.4 Å². The zero-order valence-electron chi connectivity index (χ0n) is 7.55. The van der Waals surface area contributed by atoms with Gasteiger partial charge in [0.15, 0.2) is 0 Å². The first-order valence-electron chi connectivity index (χ1n) is 4.69. The number of amides is 1. The number of aliphatic hydroxyl groups is 1. The minimum atomic E-state index is -0.203. The lowest BCUT2D eigenvalue weighted by Gasteiger charge is -2.27. The van der Waals surface area contributed by atoms with Gasteiger partial charge in [0.2, 0.25) is 5.91 Å². The number of carbonyl (C=O) groups is 1. The summed E-state index contributed by atoms with van der Waals surface area (Å²) >= 11 is 0. The Hall–Kier alpha value is -0.570. The van der Waals surface area contributed by atoms with Crippen molar-refractivity contribution in [1.82, 2.24) is 5.32 Å². The van der Waals surface area contributed by atoms with Gasteiger partial charge in [0.05, 0.1) is 12.5 Å². The first kappa shape index (κ1) is 9.52. The largest absolute Gasteiger partial charge is 0.396 e. The molecule has 1 aliphatic rings. The van der Waals surface area contributed by atoms with Crippen LogP contribution in [0.5, 0.6) is 0 Å². The molecule has 2 N–H and O–H groups in total. The van der Waals surface area contributed by atoms with Gasteiger partial charge in [-0.1, -0.05) is 6.92 Å². The Balaban J connectivity index is 2.24. The van der Waals surface area contributed by atoms with Crippen molar-refractivity contribution >= 4 is 5.91 Å². The molecule has 3 nitrogen and oxygen atoms in total. The molecule has 0 aliphatic heterocycles. The van der Waals surface area contributed by atoms with Crippen LogP contribution in [-0.2, 0) is 4.79 Å². The van der Waals surface area contributed by atoms with Gasteiger partial charge in [-0.15, -0.1) is 0 Å². The summed E-state index contributed by atoms with van der Waals surface area (Å²) in [5, 5.41) is 11.8. The molecule has 3 heteroatoms. The van der Waals surface area contributed by atoms with Crippen LogP contribution in [0.3, 0.4) is 0 Å². The highest BCUT2D eigenvalue weighted by atomic mass is 16.3. The Labute approximate surface area is 73.2 Å². The molecule has 0 spiro atoms. The topological polar surface area (TPSA) is 49.3 Å². The molecule has 70 valence electrons. The maximum Gasteiger partial charge on any atom is 0.225 e. The molecule has 0 radical (unpaired) electrons. The van der Waals surface area contributed by atoms with Crippen LogP contribution in [-0.4, -0.2) is 23.7 Å². The van der Waals surface area contributed by atoms with Gasteiger partial charge < -0.3 is 10.4 Å². The van der Waals surface area contributed by atoms with E-state index in [9.17, 15) is 4.79 Å². The first-order chi connectivity index (χ1) is 5.77. The molecule has 0 aromatic rings. The van der Waals surface area contributed by atoms with Gasteiger partial charge in [-0.3, -0.25) is 4.79 Å². The lowest BCUT2D eigenvalue weighted by Crippen LogP contribution is -2.43. The van der Waals surface area contributed by atoms with Crippen molar-refractivity contribution in [3.63, 3.8) is 0 Å². The maximum absolute atomic E-state index is 11.3. The van der Waals surface area contributed by atoms with Gasteiger partial charge >= 0.3 is 0 Å². The molecule has 1 fully saturated rings. The van der Waals surface area contributed by atoms with E-state index in [0.717, 1.165) is 19.3 Å². The molecule has 1 amide bonds. The lowest BCUT2D eigenvalue weighted by atomic mass is 9.92. The molecule has 0 saturated heterocycles. The van der Waals surface area contributed by atoms with E-state index < -0.39 is 0 Å². The minimum absolute atomic E-state index is 0.0182. The van der Waals surface area contributed by atoms with Crippen LogP contribution in [0.4, 0.5) is 0 Å². The van der Waals surface area contributed by atoms with Crippen molar-refractivity contribution in [2.75, 3.05) is 6.61 Å². The summed E-state index contributed by atoms with van der Waals surface area (Å²) in [7, 11) is 0. The van der Waals surface area contributed by atoms with Gasteiger partial charge in [0.25, 0.3) is 0 Å². The van der Waals surface area contributed by atoms with Crippen molar-refractivity contribution in [1.29, 1.82) is 0 Å². The average Bonchev–Trinajstić information content (AvgIpc) is 1.99. The summed E-state index contributed by atoms with van der Waals surface area (Å²) in [6.07, 6.45) is 4.15. The molecular formula is C9H17NO2. The summed E-state index contributed by atoms with van der Waals surface area (Å²) < 4.78 is 0. The lowest BCUT2D eigenvalue weighted by molar-refractivity contribution is -0.127. The summed E-state index contributed by atoms with van der Waals surface area (Å²) in [6, 6.07) is 0.387. The van der Waals surface area contributed by atoms with E-state index in [0.29, 0.717) is 6.04 Å². The third-order valence-electron chi connectivity index (χ3n) is 2.54. The van der Waals surface area contributed by atoms with Crippen molar-refractivity contribution in [2.24, 2.45) is 5.92 Å². The third kappa shape index (κ3) is 2.21. The Morgan fingerprint density at radius 3 is 2.67 bits per heavy atom. The number of hydrogen-bond donors (Lipinski definition) is 2. The third-order valence-corrected chi connectivity index (χ3v) is 2.54. The first-order valence-corrected chi connectivity index (χ1v) is 4.69. The highest BCUT2D eigenvalue weighted by Gasteiger charge is 2.22. The molecule has 0 aromatic carbocycles. The second kappa shape index (κ2) is 4.45. The van der Waals surface area contributed by atoms with Gasteiger partial charge in [-0.25, -0.2) is 0 Å². The molecule has 1 rings (SSSR count). The van der Waals surface area contributed by atoms with Crippen LogP contribution in [0.15, 0.2) is 0 Å². The zero-order valence-corrected chi connectivity index (χ0v) is 7.55. The fraction of sp³-hybridized carbons (Fsp3) is 0.889. The SMILES string of the molecule is CCC(CO)C(=O)NC1CCC1. The second-order valence-corrected chi connectivity index (χ2v) is 3.42. The Morgan fingerprint density at radius 2 is 2.33 bits per heavy atom. The summed E-state index contributed by atoms with van der Waals surface area (Å²) in [5.74, 6) is -0.185. The molecule has 1 aliphatic carbocycles. The Morgan fingerprint density at radius 1 is 1.67 bits per heavy atom. The smallest absolute Gasteiger partial charge is 0.225 e. The average molecular weight is 171 g/mol. The van der Waals surface area contributed by atoms with E-state index in [2.05, 4.69) is 5.32 Å². The van der Waals surface area contributed by atoms with E-state index in [1.807, 2.05) is 6.92 Å². The van der Waals surface area contributed by atoms with Crippen LogP contribution in [0.25, 0.3) is 0 Å². The molecule has 0 bridgehead atoms. The van der Waals surface area contributed by atoms with E-state index in [4.69, 9.17) is 5.11 Å². The number of carbonyl (C=O) groups excluding carboxylic acids is 1. The summed E-state index contributed by atoms with van der Waals surface area (Å²) in [4.78, 5) is 11.3. The number of nitrogens with one attached hydrogen (secondary N) is 1. The van der Waals surface area contributed by atoms with Crippen molar-refractivity contribution in [3.05, 3.63) is 0 Å². The number of rotatable bonds is 4. The monoisotopic (exact) mass is 171 g/mol. The van der Waals surface area contributed by atoms with Gasteiger partial charge in [0.1, 0.15) is 0 Å². The van der Waals surface area contributed by atoms with Crippen LogP contribution >= 0.6 is 0 Å². The van der Waals surface area contributed by atoms with Gasteiger partial charge in [0, 0.05) is 6.04 Å². The van der Waals surface area contributed by atoms with Crippen molar-refractivity contribution in [3.8, 4) is 0 Å².